The first kappa shape index (κ1) is 17.9. The number of likely N-dealkylation sites (tertiary alicyclic amines) is 1. The minimum atomic E-state index is -0.0533. The van der Waals surface area contributed by atoms with E-state index in [1.165, 1.54) is 0 Å². The van der Waals surface area contributed by atoms with E-state index in [9.17, 15) is 4.79 Å². The van der Waals surface area contributed by atoms with Crippen molar-refractivity contribution in [2.75, 3.05) is 19.7 Å². The average Bonchev–Trinajstić information content (AvgIpc) is 3.19. The Hall–Kier alpha value is -2.44. The van der Waals surface area contributed by atoms with Crippen LogP contribution in [0.5, 0.6) is 5.88 Å². The van der Waals surface area contributed by atoms with Crippen molar-refractivity contribution in [3.63, 3.8) is 0 Å². The number of ether oxygens (including phenoxy) is 1. The first-order valence-electron chi connectivity index (χ1n) is 9.63. The first-order chi connectivity index (χ1) is 12.9. The van der Waals surface area contributed by atoms with Gasteiger partial charge in [0.05, 0.1) is 12.3 Å². The van der Waals surface area contributed by atoms with Crippen molar-refractivity contribution in [1.82, 2.24) is 20.3 Å². The third-order valence-corrected chi connectivity index (χ3v) is 5.18. The Bertz CT molecular complexity index is 805. The fourth-order valence-electron chi connectivity index (χ4n) is 3.27. The molecule has 0 radical (unpaired) electrons. The lowest BCUT2D eigenvalue weighted by Gasteiger charge is -2.17. The fraction of sp³-hybridized carbons (Fsp3) is 0.600. The maximum atomic E-state index is 12.6. The molecule has 3 heterocycles. The standard InChI is InChI=1S/C20H26N4O3/c1-20(2,3)17-6-7-18(22-21-17)26-12-13-8-9-24(11-13)19(25)15-10-16(27-23-15)14-4-5-14/h6-7,10,13-14H,4-5,8-9,11-12H2,1-3H3. The smallest absolute Gasteiger partial charge is 0.276 e. The molecule has 0 N–H and O–H groups in total. The molecular weight excluding hydrogens is 344 g/mol. The largest absolute Gasteiger partial charge is 0.476 e. The Balaban J connectivity index is 1.28. The third-order valence-electron chi connectivity index (χ3n) is 5.18. The summed E-state index contributed by atoms with van der Waals surface area (Å²) < 4.78 is 11.1. The molecule has 1 saturated carbocycles. The highest BCUT2D eigenvalue weighted by Crippen LogP contribution is 2.40. The number of carbonyl (C=O) groups excluding carboxylic acids is 1. The van der Waals surface area contributed by atoms with Crippen LogP contribution in [0.2, 0.25) is 0 Å². The van der Waals surface area contributed by atoms with Gasteiger partial charge in [0.1, 0.15) is 5.76 Å². The van der Waals surface area contributed by atoms with Gasteiger partial charge >= 0.3 is 0 Å². The molecule has 1 aliphatic heterocycles. The van der Waals surface area contributed by atoms with Crippen molar-refractivity contribution in [3.05, 3.63) is 35.3 Å². The summed E-state index contributed by atoms with van der Waals surface area (Å²) in [5.74, 6) is 2.06. The fourth-order valence-corrected chi connectivity index (χ4v) is 3.27. The molecule has 2 aromatic rings. The second-order valence-electron chi connectivity index (χ2n) is 8.61. The van der Waals surface area contributed by atoms with Crippen LogP contribution in [0, 0.1) is 5.92 Å². The van der Waals surface area contributed by atoms with E-state index in [-0.39, 0.29) is 17.2 Å². The van der Waals surface area contributed by atoms with Gasteiger partial charge in [0, 0.05) is 42.5 Å². The van der Waals surface area contributed by atoms with Gasteiger partial charge in [-0.05, 0) is 25.3 Å². The molecular formula is C20H26N4O3. The highest BCUT2D eigenvalue weighted by atomic mass is 16.5. The zero-order valence-corrected chi connectivity index (χ0v) is 16.1. The van der Waals surface area contributed by atoms with E-state index >= 15 is 0 Å². The van der Waals surface area contributed by atoms with Crippen LogP contribution in [0.1, 0.15) is 67.9 Å². The second kappa shape index (κ2) is 6.94. The van der Waals surface area contributed by atoms with Gasteiger partial charge in [0.2, 0.25) is 5.88 Å². The van der Waals surface area contributed by atoms with Gasteiger partial charge in [0.25, 0.3) is 5.91 Å². The molecule has 2 aromatic heterocycles. The normalized spacial score (nSPS) is 20.1. The number of hydrogen-bond acceptors (Lipinski definition) is 6. The van der Waals surface area contributed by atoms with E-state index in [1.807, 2.05) is 17.0 Å². The van der Waals surface area contributed by atoms with Crippen LogP contribution >= 0.6 is 0 Å². The maximum Gasteiger partial charge on any atom is 0.276 e. The number of nitrogens with zero attached hydrogens (tertiary/aromatic N) is 4. The molecule has 0 aromatic carbocycles. The van der Waals surface area contributed by atoms with Gasteiger partial charge in [-0.25, -0.2) is 0 Å². The number of amides is 1. The monoisotopic (exact) mass is 370 g/mol. The van der Waals surface area contributed by atoms with Gasteiger partial charge in [-0.15, -0.1) is 5.10 Å². The Morgan fingerprint density at radius 1 is 1.26 bits per heavy atom. The van der Waals surface area contributed by atoms with Crippen molar-refractivity contribution in [2.45, 2.75) is 51.4 Å². The molecule has 1 amide bonds. The van der Waals surface area contributed by atoms with Gasteiger partial charge in [0.15, 0.2) is 5.69 Å². The van der Waals surface area contributed by atoms with Gasteiger partial charge < -0.3 is 14.2 Å². The number of rotatable bonds is 5. The number of aromatic nitrogens is 3. The molecule has 4 rings (SSSR count). The van der Waals surface area contributed by atoms with Crippen molar-refractivity contribution >= 4 is 5.91 Å². The molecule has 7 heteroatoms. The number of carbonyl (C=O) groups is 1. The minimum absolute atomic E-state index is 0.0294. The Labute approximate surface area is 159 Å². The van der Waals surface area contributed by atoms with Crippen LogP contribution < -0.4 is 4.74 Å². The van der Waals surface area contributed by atoms with E-state index in [0.29, 0.717) is 37.2 Å². The molecule has 1 saturated heterocycles. The van der Waals surface area contributed by atoms with Gasteiger partial charge in [-0.1, -0.05) is 25.9 Å². The van der Waals surface area contributed by atoms with E-state index in [1.54, 1.807) is 6.07 Å². The highest BCUT2D eigenvalue weighted by Gasteiger charge is 2.32. The molecule has 0 spiro atoms. The molecule has 0 bridgehead atoms. The van der Waals surface area contributed by atoms with Crippen molar-refractivity contribution < 1.29 is 14.1 Å². The van der Waals surface area contributed by atoms with Crippen LogP contribution in [0.4, 0.5) is 0 Å². The molecule has 2 aliphatic rings. The lowest BCUT2D eigenvalue weighted by Crippen LogP contribution is -2.29. The van der Waals surface area contributed by atoms with Gasteiger partial charge in [-0.2, -0.15) is 5.10 Å². The molecule has 1 unspecified atom stereocenters. The summed E-state index contributed by atoms with van der Waals surface area (Å²) >= 11 is 0. The minimum Gasteiger partial charge on any atom is -0.476 e. The highest BCUT2D eigenvalue weighted by molar-refractivity contribution is 5.92. The van der Waals surface area contributed by atoms with Crippen LogP contribution in [-0.2, 0) is 5.41 Å². The summed E-state index contributed by atoms with van der Waals surface area (Å²) in [7, 11) is 0. The topological polar surface area (TPSA) is 81.4 Å². The molecule has 1 aliphatic carbocycles. The summed E-state index contributed by atoms with van der Waals surface area (Å²) in [4.78, 5) is 14.4. The lowest BCUT2D eigenvalue weighted by molar-refractivity contribution is 0.0772. The number of hydrogen-bond donors (Lipinski definition) is 0. The molecule has 144 valence electrons. The van der Waals surface area contributed by atoms with Crippen molar-refractivity contribution in [2.24, 2.45) is 5.92 Å². The van der Waals surface area contributed by atoms with E-state index in [0.717, 1.165) is 30.7 Å². The zero-order chi connectivity index (χ0) is 19.0. The Morgan fingerprint density at radius 2 is 2.07 bits per heavy atom. The first-order valence-corrected chi connectivity index (χ1v) is 9.63. The molecule has 1 atom stereocenters. The predicted molar refractivity (Wildman–Crippen MR) is 98.7 cm³/mol. The van der Waals surface area contributed by atoms with E-state index < -0.39 is 0 Å². The van der Waals surface area contributed by atoms with Crippen LogP contribution in [0.3, 0.4) is 0 Å². The summed E-state index contributed by atoms with van der Waals surface area (Å²) in [5.41, 5.74) is 1.32. The van der Waals surface area contributed by atoms with Crippen molar-refractivity contribution in [3.8, 4) is 5.88 Å². The molecule has 27 heavy (non-hydrogen) atoms. The van der Waals surface area contributed by atoms with E-state index in [2.05, 4.69) is 36.1 Å². The third kappa shape index (κ3) is 4.12. The second-order valence-corrected chi connectivity index (χ2v) is 8.61. The summed E-state index contributed by atoms with van der Waals surface area (Å²) in [5, 5.41) is 12.4. The summed E-state index contributed by atoms with van der Waals surface area (Å²) in [6.07, 6.45) is 3.17. The quantitative estimate of drug-likeness (QED) is 0.804. The Kier molecular flexibility index (Phi) is 4.61. The van der Waals surface area contributed by atoms with Crippen molar-refractivity contribution in [1.29, 1.82) is 0 Å². The summed E-state index contributed by atoms with van der Waals surface area (Å²) in [6, 6.07) is 5.62. The van der Waals surface area contributed by atoms with Crippen LogP contribution in [0.25, 0.3) is 0 Å². The van der Waals surface area contributed by atoms with Crippen LogP contribution in [-0.4, -0.2) is 45.9 Å². The molecule has 2 fully saturated rings. The predicted octanol–water partition coefficient (Wildman–Crippen LogP) is 3.18. The zero-order valence-electron chi connectivity index (χ0n) is 16.1. The SMILES string of the molecule is CC(C)(C)c1ccc(OCC2CCN(C(=O)c3cc(C4CC4)on3)C2)nn1. The van der Waals surface area contributed by atoms with Crippen LogP contribution in [0.15, 0.2) is 22.7 Å². The molecule has 7 nitrogen and oxygen atoms in total. The van der Waals surface area contributed by atoms with Gasteiger partial charge in [-0.3, -0.25) is 4.79 Å². The maximum absolute atomic E-state index is 12.6. The Morgan fingerprint density at radius 3 is 2.74 bits per heavy atom. The van der Waals surface area contributed by atoms with E-state index in [4.69, 9.17) is 9.26 Å². The summed E-state index contributed by atoms with van der Waals surface area (Å²) in [6.45, 7) is 8.21. The average molecular weight is 370 g/mol. The lowest BCUT2D eigenvalue weighted by atomic mass is 9.92.